The summed E-state index contributed by atoms with van der Waals surface area (Å²) in [5.74, 6) is 0.404. The van der Waals surface area contributed by atoms with E-state index >= 15 is 0 Å². The topological polar surface area (TPSA) is 35.2 Å². The molecule has 0 radical (unpaired) electrons. The Bertz CT molecular complexity index is 628. The van der Waals surface area contributed by atoms with Gasteiger partial charge in [-0.05, 0) is 42.3 Å². The van der Waals surface area contributed by atoms with Gasteiger partial charge in [-0.1, -0.05) is 28.1 Å². The third-order valence-corrected chi connectivity index (χ3v) is 3.34. The number of ether oxygens (including phenoxy) is 1. The van der Waals surface area contributed by atoms with Gasteiger partial charge in [-0.2, -0.15) is 0 Å². The molecule has 0 heterocycles. The molecule has 104 valence electrons. The van der Waals surface area contributed by atoms with Crippen molar-refractivity contribution in [3.05, 3.63) is 70.5 Å². The molecular formula is C16H15BrFNO. The molecule has 0 spiro atoms. The van der Waals surface area contributed by atoms with Crippen LogP contribution in [0.1, 0.15) is 11.1 Å². The van der Waals surface area contributed by atoms with Crippen LogP contribution < -0.4 is 10.5 Å². The molecular weight excluding hydrogens is 321 g/mol. The predicted octanol–water partition coefficient (Wildman–Crippen LogP) is 4.48. The van der Waals surface area contributed by atoms with E-state index in [2.05, 4.69) is 22.5 Å². The minimum atomic E-state index is -0.292. The summed E-state index contributed by atoms with van der Waals surface area (Å²) in [4.78, 5) is 0. The fourth-order valence-corrected chi connectivity index (χ4v) is 2.18. The minimum absolute atomic E-state index is 0.174. The van der Waals surface area contributed by atoms with Gasteiger partial charge in [-0.15, -0.1) is 6.58 Å². The van der Waals surface area contributed by atoms with E-state index in [9.17, 15) is 4.39 Å². The van der Waals surface area contributed by atoms with Crippen molar-refractivity contribution in [3.63, 3.8) is 0 Å². The molecule has 0 fully saturated rings. The van der Waals surface area contributed by atoms with Crippen LogP contribution >= 0.6 is 15.9 Å². The lowest BCUT2D eigenvalue weighted by atomic mass is 10.1. The van der Waals surface area contributed by atoms with Gasteiger partial charge >= 0.3 is 0 Å². The smallest absolute Gasteiger partial charge is 0.130 e. The lowest BCUT2D eigenvalue weighted by Crippen LogP contribution is -2.01. The highest BCUT2D eigenvalue weighted by atomic mass is 79.9. The molecule has 0 saturated carbocycles. The third-order valence-electron chi connectivity index (χ3n) is 2.85. The highest BCUT2D eigenvalue weighted by Crippen LogP contribution is 2.24. The molecule has 2 rings (SSSR count). The number of halogens is 2. The number of benzene rings is 2. The van der Waals surface area contributed by atoms with E-state index in [1.165, 1.54) is 6.07 Å². The first-order valence-corrected chi connectivity index (χ1v) is 6.95. The van der Waals surface area contributed by atoms with E-state index < -0.39 is 0 Å². The summed E-state index contributed by atoms with van der Waals surface area (Å²) in [6.07, 6.45) is 2.44. The molecule has 2 nitrogen and oxygen atoms in total. The normalized spacial score (nSPS) is 10.3. The Kier molecular flexibility index (Phi) is 4.79. The predicted molar refractivity (Wildman–Crippen MR) is 83.2 cm³/mol. The summed E-state index contributed by atoms with van der Waals surface area (Å²) < 4.78 is 20.1. The average Bonchev–Trinajstić information content (AvgIpc) is 2.40. The molecule has 0 atom stereocenters. The van der Waals surface area contributed by atoms with E-state index in [1.54, 1.807) is 30.3 Å². The number of allylic oxidation sites excluding steroid dienone is 1. The summed E-state index contributed by atoms with van der Waals surface area (Å²) in [6, 6.07) is 10.3. The average molecular weight is 336 g/mol. The second kappa shape index (κ2) is 6.57. The number of anilines is 1. The first-order chi connectivity index (χ1) is 9.60. The highest BCUT2D eigenvalue weighted by Gasteiger charge is 2.07. The van der Waals surface area contributed by atoms with Gasteiger partial charge in [-0.25, -0.2) is 4.39 Å². The molecule has 0 saturated heterocycles. The number of hydrogen-bond donors (Lipinski definition) is 1. The van der Waals surface area contributed by atoms with Gasteiger partial charge < -0.3 is 10.5 Å². The van der Waals surface area contributed by atoms with Crippen molar-refractivity contribution >= 4 is 21.6 Å². The molecule has 2 aromatic rings. The molecule has 0 aliphatic carbocycles. The van der Waals surface area contributed by atoms with Crippen molar-refractivity contribution in [1.29, 1.82) is 0 Å². The van der Waals surface area contributed by atoms with Gasteiger partial charge in [0.15, 0.2) is 0 Å². The molecule has 0 bridgehead atoms. The van der Waals surface area contributed by atoms with Crippen LogP contribution in [0.25, 0.3) is 0 Å². The fraction of sp³-hybridized carbons (Fsp3) is 0.125. The van der Waals surface area contributed by atoms with E-state index in [1.807, 2.05) is 6.07 Å². The zero-order chi connectivity index (χ0) is 14.5. The minimum Gasteiger partial charge on any atom is -0.489 e. The number of nitrogens with two attached hydrogens (primary N) is 1. The Morgan fingerprint density at radius 2 is 2.00 bits per heavy atom. The van der Waals surface area contributed by atoms with Crippen molar-refractivity contribution < 1.29 is 9.13 Å². The molecule has 0 aliphatic rings. The van der Waals surface area contributed by atoms with Crippen LogP contribution in [-0.4, -0.2) is 0 Å². The number of hydrogen-bond acceptors (Lipinski definition) is 2. The summed E-state index contributed by atoms with van der Waals surface area (Å²) in [7, 11) is 0. The van der Waals surface area contributed by atoms with E-state index in [-0.39, 0.29) is 12.4 Å². The zero-order valence-corrected chi connectivity index (χ0v) is 12.5. The highest BCUT2D eigenvalue weighted by molar-refractivity contribution is 9.10. The molecule has 0 aliphatic heterocycles. The fourth-order valence-electron chi connectivity index (χ4n) is 1.85. The molecule has 2 aromatic carbocycles. The summed E-state index contributed by atoms with van der Waals surface area (Å²) in [5, 5.41) is 0. The summed E-state index contributed by atoms with van der Waals surface area (Å²) >= 11 is 3.23. The Balaban J connectivity index is 2.16. The maximum absolute atomic E-state index is 13.7. The van der Waals surface area contributed by atoms with Crippen LogP contribution in [0.5, 0.6) is 5.75 Å². The van der Waals surface area contributed by atoms with Gasteiger partial charge in [0.1, 0.15) is 18.2 Å². The Hall–Kier alpha value is -1.81. The largest absolute Gasteiger partial charge is 0.489 e. The monoisotopic (exact) mass is 335 g/mol. The SMILES string of the molecule is C=CCc1cc(N)ccc1OCc1ccc(Br)cc1F. The second-order valence-corrected chi connectivity index (χ2v) is 5.30. The molecule has 0 aromatic heterocycles. The van der Waals surface area contributed by atoms with Gasteiger partial charge in [0.2, 0.25) is 0 Å². The number of rotatable bonds is 5. The maximum Gasteiger partial charge on any atom is 0.130 e. The van der Waals surface area contributed by atoms with Gasteiger partial charge in [0.05, 0.1) is 0 Å². The van der Waals surface area contributed by atoms with Gasteiger partial charge in [-0.3, -0.25) is 0 Å². The molecule has 0 unspecified atom stereocenters. The molecule has 4 heteroatoms. The van der Waals surface area contributed by atoms with Crippen LogP contribution in [0.2, 0.25) is 0 Å². The van der Waals surface area contributed by atoms with Crippen LogP contribution in [0.4, 0.5) is 10.1 Å². The Morgan fingerprint density at radius 1 is 1.20 bits per heavy atom. The van der Waals surface area contributed by atoms with E-state index in [4.69, 9.17) is 10.5 Å². The summed E-state index contributed by atoms with van der Waals surface area (Å²) in [6.45, 7) is 3.88. The van der Waals surface area contributed by atoms with Crippen LogP contribution in [0.3, 0.4) is 0 Å². The maximum atomic E-state index is 13.7. The second-order valence-electron chi connectivity index (χ2n) is 4.38. The van der Waals surface area contributed by atoms with Crippen LogP contribution in [-0.2, 0) is 13.0 Å². The van der Waals surface area contributed by atoms with Crippen molar-refractivity contribution in [2.75, 3.05) is 5.73 Å². The van der Waals surface area contributed by atoms with Crippen molar-refractivity contribution in [2.45, 2.75) is 13.0 Å². The van der Waals surface area contributed by atoms with Crippen molar-refractivity contribution in [3.8, 4) is 5.75 Å². The third kappa shape index (κ3) is 3.61. The molecule has 2 N–H and O–H groups in total. The quantitative estimate of drug-likeness (QED) is 0.645. The summed E-state index contributed by atoms with van der Waals surface area (Å²) in [5.41, 5.74) is 7.87. The van der Waals surface area contributed by atoms with Crippen molar-refractivity contribution in [2.24, 2.45) is 0 Å². The van der Waals surface area contributed by atoms with E-state index in [0.717, 1.165) is 5.56 Å². The number of nitrogen functional groups attached to an aromatic ring is 1. The zero-order valence-electron chi connectivity index (χ0n) is 10.9. The van der Waals surface area contributed by atoms with Crippen LogP contribution in [0, 0.1) is 5.82 Å². The van der Waals surface area contributed by atoms with Crippen molar-refractivity contribution in [1.82, 2.24) is 0 Å². The Labute approximate surface area is 126 Å². The first kappa shape index (κ1) is 14.6. The lowest BCUT2D eigenvalue weighted by molar-refractivity contribution is 0.297. The van der Waals surface area contributed by atoms with Crippen LogP contribution in [0.15, 0.2) is 53.5 Å². The molecule has 0 amide bonds. The molecule has 20 heavy (non-hydrogen) atoms. The van der Waals surface area contributed by atoms with E-state index in [0.29, 0.717) is 27.9 Å². The first-order valence-electron chi connectivity index (χ1n) is 6.16. The standard InChI is InChI=1S/C16H15BrFNO/c1-2-3-11-8-14(19)6-7-16(11)20-10-12-4-5-13(17)9-15(12)18/h2,4-9H,1,3,10,19H2. The Morgan fingerprint density at radius 3 is 2.70 bits per heavy atom. The van der Waals surface area contributed by atoms with Gasteiger partial charge in [0.25, 0.3) is 0 Å². The lowest BCUT2D eigenvalue weighted by Gasteiger charge is -2.12. The van der Waals surface area contributed by atoms with Gasteiger partial charge in [0, 0.05) is 15.7 Å².